The summed E-state index contributed by atoms with van der Waals surface area (Å²) in [5, 5.41) is 17.9. The predicted octanol–water partition coefficient (Wildman–Crippen LogP) is 1.33. The molecule has 0 unspecified atom stereocenters. The van der Waals surface area contributed by atoms with E-state index in [9.17, 15) is 37.1 Å². The summed E-state index contributed by atoms with van der Waals surface area (Å²) < 4.78 is 41.2. The fourth-order valence-corrected chi connectivity index (χ4v) is 3.23. The first-order valence-corrected chi connectivity index (χ1v) is 12.1. The minimum Gasteiger partial charge on any atom is -0.475 e. The van der Waals surface area contributed by atoms with Crippen LogP contribution >= 0.6 is 0 Å². The van der Waals surface area contributed by atoms with Gasteiger partial charge in [-0.2, -0.15) is 18.3 Å². The number of alkyl halides is 3. The zero-order valence-corrected chi connectivity index (χ0v) is 23.5. The van der Waals surface area contributed by atoms with Crippen LogP contribution in [0.4, 0.5) is 29.3 Å². The first-order chi connectivity index (χ1) is 20.6. The van der Waals surface area contributed by atoms with Gasteiger partial charge >= 0.3 is 30.1 Å². The molecule has 0 radical (unpaired) electrons. The molecular formula is C26H29F3N6O9. The average molecular weight is 627 g/mol. The Morgan fingerprint density at radius 1 is 0.977 bits per heavy atom. The number of halogens is 3. The largest absolute Gasteiger partial charge is 0.490 e. The van der Waals surface area contributed by atoms with E-state index in [0.29, 0.717) is 11.3 Å². The molecule has 0 aromatic heterocycles. The number of carboxylic acids is 1. The van der Waals surface area contributed by atoms with Gasteiger partial charge in [-0.05, 0) is 29.8 Å². The molecule has 0 spiro atoms. The molecule has 6 N–H and O–H groups in total. The molecule has 0 saturated heterocycles. The number of anilines is 2. The number of benzene rings is 2. The van der Waals surface area contributed by atoms with Crippen molar-refractivity contribution in [2.45, 2.75) is 31.7 Å². The lowest BCUT2D eigenvalue weighted by Crippen LogP contribution is -2.61. The summed E-state index contributed by atoms with van der Waals surface area (Å²) in [6, 6.07) is 12.1. The van der Waals surface area contributed by atoms with Crippen LogP contribution in [0.25, 0.3) is 0 Å². The van der Waals surface area contributed by atoms with Crippen LogP contribution in [0.2, 0.25) is 0 Å². The van der Waals surface area contributed by atoms with E-state index in [1.807, 2.05) is 0 Å². The van der Waals surface area contributed by atoms with E-state index in [-0.39, 0.29) is 5.69 Å². The third-order valence-corrected chi connectivity index (χ3v) is 5.13. The number of methoxy groups -OCH3 is 2. The van der Waals surface area contributed by atoms with Crippen LogP contribution in [0.15, 0.2) is 59.7 Å². The number of amides is 4. The van der Waals surface area contributed by atoms with Crippen molar-refractivity contribution < 1.29 is 56.5 Å². The second-order valence-corrected chi connectivity index (χ2v) is 8.30. The van der Waals surface area contributed by atoms with Crippen LogP contribution in [0.1, 0.15) is 18.9 Å². The van der Waals surface area contributed by atoms with Crippen LogP contribution in [-0.4, -0.2) is 79.7 Å². The maximum absolute atomic E-state index is 13.6. The number of para-hydroxylation sites is 1. The van der Waals surface area contributed by atoms with Crippen molar-refractivity contribution in [3.63, 3.8) is 0 Å². The Morgan fingerprint density at radius 2 is 1.55 bits per heavy atom. The molecule has 2 aromatic rings. The number of esters is 2. The lowest BCUT2D eigenvalue weighted by molar-refractivity contribution is -0.192. The number of hydrazone groups is 1. The normalized spacial score (nSPS) is 12.0. The molecule has 238 valence electrons. The number of hydrogen-bond donors (Lipinski definition) is 5. The van der Waals surface area contributed by atoms with Crippen molar-refractivity contribution in [1.82, 2.24) is 10.6 Å². The number of hydrogen-bond acceptors (Lipinski definition) is 10. The maximum atomic E-state index is 13.6. The van der Waals surface area contributed by atoms with Gasteiger partial charge in [0.25, 0.3) is 5.91 Å². The van der Waals surface area contributed by atoms with Gasteiger partial charge in [-0.3, -0.25) is 19.3 Å². The van der Waals surface area contributed by atoms with Gasteiger partial charge in [0.15, 0.2) is 0 Å². The van der Waals surface area contributed by atoms with Crippen molar-refractivity contribution in [1.29, 1.82) is 0 Å². The quantitative estimate of drug-likeness (QED) is 0.0837. The highest BCUT2D eigenvalue weighted by Gasteiger charge is 2.39. The smallest absolute Gasteiger partial charge is 0.475 e. The molecule has 18 heteroatoms. The highest BCUT2D eigenvalue weighted by molar-refractivity contribution is 6.06. The Hall–Kier alpha value is -5.68. The number of carboxylic acid groups (broad SMARTS) is 1. The molecule has 2 aromatic carbocycles. The van der Waals surface area contributed by atoms with Crippen molar-refractivity contribution in [2.75, 3.05) is 24.4 Å². The summed E-state index contributed by atoms with van der Waals surface area (Å²) in [4.78, 5) is 72.8. The number of urea groups is 1. The van der Waals surface area contributed by atoms with Crippen LogP contribution < -0.4 is 26.7 Å². The summed E-state index contributed by atoms with van der Waals surface area (Å²) >= 11 is 0. The van der Waals surface area contributed by atoms with E-state index in [4.69, 9.17) is 20.5 Å². The number of rotatable bonds is 10. The van der Waals surface area contributed by atoms with E-state index in [0.717, 1.165) is 19.1 Å². The number of carbonyl (C=O) groups is 6. The van der Waals surface area contributed by atoms with Gasteiger partial charge in [-0.25, -0.2) is 14.4 Å². The molecule has 2 atom stereocenters. The van der Waals surface area contributed by atoms with Gasteiger partial charge in [0.1, 0.15) is 6.04 Å². The highest BCUT2D eigenvalue weighted by atomic mass is 19.4. The Bertz CT molecular complexity index is 1340. The Labute approximate surface area is 248 Å². The Kier molecular flexibility index (Phi) is 14.3. The molecule has 0 aliphatic heterocycles. The molecule has 0 aliphatic carbocycles. The molecule has 0 fully saturated rings. The van der Waals surface area contributed by atoms with Gasteiger partial charge in [-0.15, -0.1) is 0 Å². The summed E-state index contributed by atoms with van der Waals surface area (Å²) in [7, 11) is 2.21. The van der Waals surface area contributed by atoms with Crippen LogP contribution in [0.3, 0.4) is 0 Å². The van der Waals surface area contributed by atoms with Crippen molar-refractivity contribution >= 4 is 53.3 Å². The summed E-state index contributed by atoms with van der Waals surface area (Å²) in [6.07, 6.45) is -5.85. The SMILES string of the molecule is COC(=O)C[C@H](NC(C)=O)C(=O)N(c1ccccc1)[C@@H](NC(=O)Nc1ccc(C=NN)cc1)C(=O)OC.O=C(O)C(F)(F)F. The van der Waals surface area contributed by atoms with Crippen molar-refractivity contribution in [3.05, 3.63) is 60.2 Å². The first-order valence-electron chi connectivity index (χ1n) is 12.1. The zero-order valence-electron chi connectivity index (χ0n) is 23.5. The molecule has 0 aliphatic rings. The average Bonchev–Trinajstić information content (AvgIpc) is 2.97. The monoisotopic (exact) mass is 626 g/mol. The number of nitrogens with one attached hydrogen (secondary N) is 3. The van der Waals surface area contributed by atoms with E-state index in [1.54, 1.807) is 42.5 Å². The van der Waals surface area contributed by atoms with Gasteiger partial charge in [0.05, 0.1) is 26.9 Å². The van der Waals surface area contributed by atoms with Crippen molar-refractivity contribution in [3.8, 4) is 0 Å². The number of ether oxygens (including phenoxy) is 2. The molecule has 44 heavy (non-hydrogen) atoms. The minimum atomic E-state index is -5.08. The van der Waals surface area contributed by atoms with Crippen LogP contribution in [-0.2, 0) is 33.4 Å². The second-order valence-electron chi connectivity index (χ2n) is 8.30. The molecule has 15 nitrogen and oxygen atoms in total. The maximum Gasteiger partial charge on any atom is 0.490 e. The molecular weight excluding hydrogens is 597 g/mol. The topological polar surface area (TPSA) is 219 Å². The molecule has 0 bridgehead atoms. The lowest BCUT2D eigenvalue weighted by Gasteiger charge is -2.33. The zero-order chi connectivity index (χ0) is 33.4. The predicted molar refractivity (Wildman–Crippen MR) is 148 cm³/mol. The van der Waals surface area contributed by atoms with E-state index in [2.05, 4.69) is 25.8 Å². The highest BCUT2D eigenvalue weighted by Crippen LogP contribution is 2.20. The number of carbonyl (C=O) groups excluding carboxylic acids is 5. The number of aliphatic carboxylic acids is 1. The molecule has 4 amide bonds. The van der Waals surface area contributed by atoms with Crippen LogP contribution in [0.5, 0.6) is 0 Å². The Morgan fingerprint density at radius 3 is 2.00 bits per heavy atom. The summed E-state index contributed by atoms with van der Waals surface area (Å²) in [5.41, 5.74) is 1.25. The van der Waals surface area contributed by atoms with Crippen LogP contribution in [0, 0.1) is 0 Å². The standard InChI is InChI=1S/C24H28N6O7.C2HF3O2/c1-15(31)27-19(13-20(32)36-2)22(33)30(18-7-5-4-6-8-18)21(23(34)37-3)29-24(35)28-17-11-9-16(10-12-17)14-26-25;3-2(4,5)1(6)7/h4-12,14,19,21H,13,25H2,1-3H3,(H,27,31)(H2,28,29,35);(H,6,7)/t19-,21+;/m0./s1. The third-order valence-electron chi connectivity index (χ3n) is 5.13. The summed E-state index contributed by atoms with van der Waals surface area (Å²) in [6.45, 7) is 1.17. The Balaban J connectivity index is 0.00000123. The number of nitrogens with two attached hydrogens (primary N) is 1. The molecule has 0 heterocycles. The molecule has 0 saturated carbocycles. The third kappa shape index (κ3) is 12.0. The minimum absolute atomic E-state index is 0.189. The fraction of sp³-hybridized carbons (Fsp3) is 0.269. The van der Waals surface area contributed by atoms with Gasteiger partial charge < -0.3 is 36.4 Å². The van der Waals surface area contributed by atoms with E-state index < -0.39 is 60.6 Å². The van der Waals surface area contributed by atoms with Gasteiger partial charge in [0, 0.05) is 18.3 Å². The number of nitrogens with zero attached hydrogens (tertiary/aromatic N) is 2. The van der Waals surface area contributed by atoms with E-state index in [1.165, 1.54) is 25.3 Å². The second kappa shape index (κ2) is 17.3. The molecule has 2 rings (SSSR count). The van der Waals surface area contributed by atoms with E-state index >= 15 is 0 Å². The van der Waals surface area contributed by atoms with Crippen molar-refractivity contribution in [2.24, 2.45) is 10.9 Å². The van der Waals surface area contributed by atoms with Gasteiger partial charge in [0.2, 0.25) is 12.1 Å². The summed E-state index contributed by atoms with van der Waals surface area (Å²) in [5.74, 6) is -0.859. The fourth-order valence-electron chi connectivity index (χ4n) is 3.23. The lowest BCUT2D eigenvalue weighted by atomic mass is 10.1. The first kappa shape index (κ1) is 36.3. The van der Waals surface area contributed by atoms with Gasteiger partial charge in [-0.1, -0.05) is 30.3 Å².